The summed E-state index contributed by atoms with van der Waals surface area (Å²) in [5.74, 6) is 0.923. The van der Waals surface area contributed by atoms with Crippen LogP contribution in [0.15, 0.2) is 22.7 Å². The van der Waals surface area contributed by atoms with Crippen molar-refractivity contribution in [3.8, 4) is 5.75 Å². The lowest BCUT2D eigenvalue weighted by Gasteiger charge is -2.01. The Bertz CT molecular complexity index is 342. The van der Waals surface area contributed by atoms with Gasteiger partial charge in [-0.15, -0.1) is 0 Å². The van der Waals surface area contributed by atoms with Crippen molar-refractivity contribution in [3.63, 3.8) is 0 Å². The minimum Gasteiger partial charge on any atom is -0.497 e. The molecule has 0 fully saturated rings. The second-order valence-corrected chi connectivity index (χ2v) is 3.85. The monoisotopic (exact) mass is 224 g/mol. The zero-order valence-electron chi connectivity index (χ0n) is 6.80. The lowest BCUT2D eigenvalue weighted by molar-refractivity contribution is 0.414. The second kappa shape index (κ2) is 2.94. The molecule has 0 N–H and O–H groups in total. The maximum Gasteiger partial charge on any atom is 0.119 e. The molecule has 0 spiro atoms. The molecule has 0 heterocycles. The number of hydrogen-bond acceptors (Lipinski definition) is 1. The number of hydrogen-bond donors (Lipinski definition) is 0. The van der Waals surface area contributed by atoms with Crippen LogP contribution >= 0.6 is 15.9 Å². The van der Waals surface area contributed by atoms with Gasteiger partial charge < -0.3 is 4.74 Å². The van der Waals surface area contributed by atoms with Crippen molar-refractivity contribution in [3.05, 3.63) is 33.8 Å². The molecule has 1 aliphatic rings. The van der Waals surface area contributed by atoms with Crippen molar-refractivity contribution in [1.82, 2.24) is 0 Å². The molecule has 0 saturated carbocycles. The molecule has 0 radical (unpaired) electrons. The molecule has 0 bridgehead atoms. The first kappa shape index (κ1) is 7.87. The van der Waals surface area contributed by atoms with Gasteiger partial charge in [-0.25, -0.2) is 0 Å². The van der Waals surface area contributed by atoms with E-state index in [9.17, 15) is 0 Å². The highest BCUT2D eigenvalue weighted by Gasteiger charge is 2.10. The summed E-state index contributed by atoms with van der Waals surface area (Å²) in [6, 6.07) is 6.17. The van der Waals surface area contributed by atoms with Crippen molar-refractivity contribution >= 4 is 22.0 Å². The van der Waals surface area contributed by atoms with Crippen LogP contribution in [0.5, 0.6) is 5.75 Å². The predicted octanol–water partition coefficient (Wildman–Crippen LogP) is 2.99. The number of rotatable bonds is 1. The molecule has 0 atom stereocenters. The number of allylic oxidation sites excluding steroid dienone is 1. The molecule has 0 aliphatic heterocycles. The van der Waals surface area contributed by atoms with Gasteiger partial charge in [0.05, 0.1) is 7.11 Å². The summed E-state index contributed by atoms with van der Waals surface area (Å²) in [4.78, 5) is 0. The van der Waals surface area contributed by atoms with E-state index in [0.29, 0.717) is 0 Å². The molecular formula is C10H9BrO. The molecule has 12 heavy (non-hydrogen) atoms. The van der Waals surface area contributed by atoms with Crippen molar-refractivity contribution in [2.75, 3.05) is 7.11 Å². The summed E-state index contributed by atoms with van der Waals surface area (Å²) in [6.45, 7) is 0. The molecular weight excluding hydrogens is 216 g/mol. The number of halogens is 1. The zero-order chi connectivity index (χ0) is 8.55. The minimum atomic E-state index is 0.923. The van der Waals surface area contributed by atoms with E-state index in [-0.39, 0.29) is 0 Å². The Hall–Kier alpha value is -0.760. The third-order valence-electron chi connectivity index (χ3n) is 2.02. The number of ether oxygens (including phenoxy) is 1. The van der Waals surface area contributed by atoms with Gasteiger partial charge in [0.15, 0.2) is 0 Å². The van der Waals surface area contributed by atoms with Gasteiger partial charge in [0.2, 0.25) is 0 Å². The van der Waals surface area contributed by atoms with Crippen LogP contribution in [0.3, 0.4) is 0 Å². The predicted molar refractivity (Wildman–Crippen MR) is 53.6 cm³/mol. The SMILES string of the molecule is COc1ccc2c(c1)C=C(Br)C2. The minimum absolute atomic E-state index is 0.923. The van der Waals surface area contributed by atoms with Crippen LogP contribution in [-0.2, 0) is 6.42 Å². The topological polar surface area (TPSA) is 9.23 Å². The van der Waals surface area contributed by atoms with Crippen molar-refractivity contribution in [1.29, 1.82) is 0 Å². The van der Waals surface area contributed by atoms with Crippen LogP contribution in [0.4, 0.5) is 0 Å². The number of fused-ring (bicyclic) bond motifs is 1. The normalized spacial score (nSPS) is 14.0. The quantitative estimate of drug-likeness (QED) is 0.713. The summed E-state index contributed by atoms with van der Waals surface area (Å²) in [5, 5.41) is 0. The van der Waals surface area contributed by atoms with E-state index in [0.717, 1.165) is 12.2 Å². The van der Waals surface area contributed by atoms with Crippen LogP contribution < -0.4 is 4.74 Å². The Morgan fingerprint density at radius 1 is 1.42 bits per heavy atom. The molecule has 1 aromatic carbocycles. The van der Waals surface area contributed by atoms with Gasteiger partial charge in [-0.2, -0.15) is 0 Å². The van der Waals surface area contributed by atoms with Crippen LogP contribution in [0.2, 0.25) is 0 Å². The molecule has 0 amide bonds. The Labute approximate surface area is 80.2 Å². The third kappa shape index (κ3) is 1.27. The van der Waals surface area contributed by atoms with Gasteiger partial charge in [0, 0.05) is 10.9 Å². The fourth-order valence-electron chi connectivity index (χ4n) is 1.40. The highest BCUT2D eigenvalue weighted by Crippen LogP contribution is 2.30. The first-order chi connectivity index (χ1) is 5.79. The molecule has 62 valence electrons. The summed E-state index contributed by atoms with van der Waals surface area (Å²) >= 11 is 3.49. The van der Waals surface area contributed by atoms with Crippen molar-refractivity contribution in [2.24, 2.45) is 0 Å². The summed E-state index contributed by atoms with van der Waals surface area (Å²) < 4.78 is 6.37. The summed E-state index contributed by atoms with van der Waals surface area (Å²) in [6.07, 6.45) is 3.15. The lowest BCUT2D eigenvalue weighted by atomic mass is 10.1. The first-order valence-electron chi connectivity index (χ1n) is 3.82. The molecule has 1 aliphatic carbocycles. The van der Waals surface area contributed by atoms with Gasteiger partial charge in [-0.1, -0.05) is 22.0 Å². The van der Waals surface area contributed by atoms with Gasteiger partial charge in [-0.3, -0.25) is 0 Å². The van der Waals surface area contributed by atoms with Crippen LogP contribution in [0.1, 0.15) is 11.1 Å². The molecule has 1 nitrogen and oxygen atoms in total. The Morgan fingerprint density at radius 3 is 3.00 bits per heavy atom. The van der Waals surface area contributed by atoms with Gasteiger partial charge in [0.25, 0.3) is 0 Å². The van der Waals surface area contributed by atoms with Crippen LogP contribution in [0, 0.1) is 0 Å². The molecule has 2 heteroatoms. The van der Waals surface area contributed by atoms with Crippen LogP contribution in [0.25, 0.3) is 6.08 Å². The Balaban J connectivity index is 2.45. The molecule has 0 aromatic heterocycles. The zero-order valence-corrected chi connectivity index (χ0v) is 8.39. The third-order valence-corrected chi connectivity index (χ3v) is 2.53. The summed E-state index contributed by atoms with van der Waals surface area (Å²) in [5.41, 5.74) is 2.63. The maximum absolute atomic E-state index is 5.13. The average molecular weight is 225 g/mol. The van der Waals surface area contributed by atoms with Crippen molar-refractivity contribution in [2.45, 2.75) is 6.42 Å². The number of methoxy groups -OCH3 is 1. The molecule has 0 unspecified atom stereocenters. The molecule has 1 aromatic rings. The average Bonchev–Trinajstić information content (AvgIpc) is 2.43. The van der Waals surface area contributed by atoms with E-state index < -0.39 is 0 Å². The Kier molecular flexibility index (Phi) is 1.93. The van der Waals surface area contributed by atoms with Crippen molar-refractivity contribution < 1.29 is 4.74 Å². The Morgan fingerprint density at radius 2 is 2.25 bits per heavy atom. The largest absolute Gasteiger partial charge is 0.497 e. The fourth-order valence-corrected chi connectivity index (χ4v) is 1.95. The lowest BCUT2D eigenvalue weighted by Crippen LogP contribution is -1.85. The van der Waals surface area contributed by atoms with E-state index in [1.54, 1.807) is 7.11 Å². The fraction of sp³-hybridized carbons (Fsp3) is 0.200. The van der Waals surface area contributed by atoms with E-state index in [1.807, 2.05) is 6.07 Å². The number of benzene rings is 1. The van der Waals surface area contributed by atoms with E-state index in [1.165, 1.54) is 15.6 Å². The second-order valence-electron chi connectivity index (χ2n) is 2.83. The van der Waals surface area contributed by atoms with Crippen LogP contribution in [-0.4, -0.2) is 7.11 Å². The summed E-state index contributed by atoms with van der Waals surface area (Å²) in [7, 11) is 1.69. The van der Waals surface area contributed by atoms with Gasteiger partial charge >= 0.3 is 0 Å². The highest BCUT2D eigenvalue weighted by molar-refractivity contribution is 9.11. The highest BCUT2D eigenvalue weighted by atomic mass is 79.9. The maximum atomic E-state index is 5.13. The molecule has 0 saturated heterocycles. The standard InChI is InChI=1S/C10H9BrO/c1-12-10-3-2-7-4-9(11)5-8(7)6-10/h2-3,5-6H,4H2,1H3. The van der Waals surface area contributed by atoms with Gasteiger partial charge in [-0.05, 0) is 29.3 Å². The smallest absolute Gasteiger partial charge is 0.119 e. The molecule has 2 rings (SSSR count). The van der Waals surface area contributed by atoms with E-state index in [2.05, 4.69) is 34.1 Å². The van der Waals surface area contributed by atoms with E-state index in [4.69, 9.17) is 4.74 Å². The first-order valence-corrected chi connectivity index (χ1v) is 4.62. The van der Waals surface area contributed by atoms with Gasteiger partial charge in [0.1, 0.15) is 5.75 Å². The van der Waals surface area contributed by atoms with E-state index >= 15 is 0 Å².